The molecular formula is C52H63Cl4N5O8. The first-order valence-electron chi connectivity index (χ1n) is 23.7. The summed E-state index contributed by atoms with van der Waals surface area (Å²) in [7, 11) is 0. The van der Waals surface area contributed by atoms with Crippen molar-refractivity contribution in [2.24, 2.45) is 4.99 Å². The van der Waals surface area contributed by atoms with E-state index in [2.05, 4.69) is 22.7 Å². The van der Waals surface area contributed by atoms with E-state index in [9.17, 15) is 19.2 Å². The van der Waals surface area contributed by atoms with Crippen molar-refractivity contribution >= 4 is 87.4 Å². The first-order chi connectivity index (χ1) is 33.3. The number of hydrogen-bond acceptors (Lipinski definition) is 9. The molecule has 2 fully saturated rings. The van der Waals surface area contributed by atoms with Gasteiger partial charge in [0, 0.05) is 27.4 Å². The van der Waals surface area contributed by atoms with E-state index in [1.54, 1.807) is 36.4 Å². The van der Waals surface area contributed by atoms with Crippen LogP contribution in [-0.4, -0.2) is 60.6 Å². The number of benzene rings is 4. The van der Waals surface area contributed by atoms with Crippen molar-refractivity contribution in [3.8, 4) is 17.2 Å². The minimum absolute atomic E-state index is 0.0230. The number of hydrazine groups is 1. The molecular weight excluding hydrogens is 964 g/mol. The van der Waals surface area contributed by atoms with Crippen molar-refractivity contribution in [1.82, 2.24) is 10.3 Å². The predicted octanol–water partition coefficient (Wildman–Crippen LogP) is 13.6. The SMILES string of the molecule is CCCCCCCCCCCCOc1ccc(Cl)cc1CN1C(=O)OC(CCCC)C1=O.Cc1ccc(OCC(=O)Nc2cccc(OCN=C3CC(=O)N(c4c(Cl)cc(Cl)cc4Cl)N3)c2)c(C)c1. The van der Waals surface area contributed by atoms with Gasteiger partial charge in [-0.2, -0.15) is 0 Å². The van der Waals surface area contributed by atoms with E-state index in [1.807, 2.05) is 45.0 Å². The summed E-state index contributed by atoms with van der Waals surface area (Å²) in [4.78, 5) is 55.1. The highest BCUT2D eigenvalue weighted by molar-refractivity contribution is 6.42. The number of imide groups is 1. The standard InChI is InChI=1S/C26H23Cl3N4O4.C26H40ClNO4/c1-15-6-7-22(16(2)8-15)36-13-24(34)31-18-4-3-5-19(11-18)37-14-30-23-12-25(35)33(32-23)26-20(28)9-17(27)10-21(26)29;1-3-5-7-8-9-10-11-12-13-14-18-31-23-17-16-22(27)19-21(23)20-28-25(29)24(15-6-4-2)32-26(28)30/h3-11H,12-14H2,1-2H3,(H,30,32)(H,31,34);16-17,19,24H,3-15,18,20H2,1-2H3. The topological polar surface area (TPSA) is 148 Å². The zero-order valence-corrected chi connectivity index (χ0v) is 42.9. The van der Waals surface area contributed by atoms with Crippen LogP contribution in [0.2, 0.25) is 20.1 Å². The number of cyclic esters (lactones) is 1. The number of nitrogens with one attached hydrogen (secondary N) is 2. The number of amidine groups is 1. The highest BCUT2D eigenvalue weighted by Gasteiger charge is 2.40. The molecule has 2 aliphatic rings. The van der Waals surface area contributed by atoms with Gasteiger partial charge >= 0.3 is 6.09 Å². The Hall–Kier alpha value is -5.21. The van der Waals surface area contributed by atoms with Gasteiger partial charge in [-0.3, -0.25) is 19.8 Å². The van der Waals surface area contributed by atoms with Crippen LogP contribution in [0.1, 0.15) is 120 Å². The number of nitrogens with zero attached hydrogens (tertiary/aromatic N) is 3. The Bertz CT molecular complexity index is 2380. The van der Waals surface area contributed by atoms with Crippen molar-refractivity contribution in [3.63, 3.8) is 0 Å². The maximum Gasteiger partial charge on any atom is 0.417 e. The molecule has 2 heterocycles. The number of amides is 4. The monoisotopic (exact) mass is 1030 g/mol. The molecule has 0 spiro atoms. The molecule has 0 radical (unpaired) electrons. The predicted molar refractivity (Wildman–Crippen MR) is 275 cm³/mol. The Morgan fingerprint density at radius 1 is 0.768 bits per heavy atom. The molecule has 13 nitrogen and oxygen atoms in total. The van der Waals surface area contributed by atoms with Crippen LogP contribution in [0.4, 0.5) is 16.2 Å². The summed E-state index contributed by atoms with van der Waals surface area (Å²) in [5.41, 5.74) is 6.55. The maximum atomic E-state index is 12.6. The summed E-state index contributed by atoms with van der Waals surface area (Å²) < 4.78 is 22.6. The second-order valence-electron chi connectivity index (χ2n) is 17.0. The number of aliphatic imine (C=N–C) groups is 1. The highest BCUT2D eigenvalue weighted by Crippen LogP contribution is 2.37. The second kappa shape index (κ2) is 28.5. The van der Waals surface area contributed by atoms with Gasteiger partial charge in [0.05, 0.1) is 29.6 Å². The van der Waals surface area contributed by atoms with Crippen molar-refractivity contribution in [2.45, 2.75) is 130 Å². The van der Waals surface area contributed by atoms with Crippen molar-refractivity contribution < 1.29 is 38.1 Å². The molecule has 1 atom stereocenters. The smallest absolute Gasteiger partial charge is 0.417 e. The average molecular weight is 1030 g/mol. The summed E-state index contributed by atoms with van der Waals surface area (Å²) in [5, 5.41) is 5.39. The zero-order chi connectivity index (χ0) is 49.7. The van der Waals surface area contributed by atoms with Gasteiger partial charge in [0.15, 0.2) is 19.4 Å². The van der Waals surface area contributed by atoms with Crippen molar-refractivity contribution in [3.05, 3.63) is 110 Å². The van der Waals surface area contributed by atoms with E-state index in [0.717, 1.165) is 42.4 Å². The summed E-state index contributed by atoms with van der Waals surface area (Å²) in [6.07, 6.45) is 13.9. The third-order valence-electron chi connectivity index (χ3n) is 11.2. The summed E-state index contributed by atoms with van der Waals surface area (Å²) in [6, 6.07) is 21.0. The van der Waals surface area contributed by atoms with Crippen molar-refractivity contribution in [2.75, 3.05) is 30.3 Å². The van der Waals surface area contributed by atoms with E-state index in [4.69, 9.17) is 65.4 Å². The number of rotatable bonds is 25. The molecule has 372 valence electrons. The molecule has 2 aliphatic heterocycles. The Labute approximate surface area is 426 Å². The normalized spacial score (nSPS) is 14.9. The van der Waals surface area contributed by atoms with Gasteiger partial charge in [0.2, 0.25) is 0 Å². The number of unbranched alkanes of at least 4 members (excludes halogenated alkanes) is 10. The number of ether oxygens (including phenoxy) is 4. The van der Waals surface area contributed by atoms with Crippen LogP contribution in [0.3, 0.4) is 0 Å². The molecule has 1 unspecified atom stereocenters. The van der Waals surface area contributed by atoms with E-state index >= 15 is 0 Å². The molecule has 4 aromatic rings. The fraction of sp³-hybridized carbons (Fsp3) is 0.442. The Balaban J connectivity index is 0.000000261. The van der Waals surface area contributed by atoms with Gasteiger partial charge in [0.1, 0.15) is 28.8 Å². The summed E-state index contributed by atoms with van der Waals surface area (Å²) in [6.45, 7) is 8.77. The Kier molecular flexibility index (Phi) is 22.6. The average Bonchev–Trinajstić information content (AvgIpc) is 3.80. The molecule has 17 heteroatoms. The third-order valence-corrected chi connectivity index (χ3v) is 12.3. The lowest BCUT2D eigenvalue weighted by molar-refractivity contribution is -0.130. The molecule has 0 saturated carbocycles. The maximum absolute atomic E-state index is 12.6. The quantitative estimate of drug-likeness (QED) is 0.0619. The van der Waals surface area contributed by atoms with Gasteiger partial charge < -0.3 is 24.3 Å². The first kappa shape index (κ1) is 54.7. The van der Waals surface area contributed by atoms with Crippen LogP contribution < -0.4 is 30.0 Å². The molecule has 69 heavy (non-hydrogen) atoms. The van der Waals surface area contributed by atoms with Gasteiger partial charge in [0.25, 0.3) is 17.7 Å². The molecule has 0 aromatic heterocycles. The zero-order valence-electron chi connectivity index (χ0n) is 39.9. The van der Waals surface area contributed by atoms with Gasteiger partial charge in [-0.05, 0) is 87.2 Å². The Morgan fingerprint density at radius 2 is 1.45 bits per heavy atom. The first-order valence-corrected chi connectivity index (χ1v) is 25.2. The minimum atomic E-state index is -0.669. The van der Waals surface area contributed by atoms with Gasteiger partial charge in [-0.25, -0.2) is 19.7 Å². The van der Waals surface area contributed by atoms with Crippen LogP contribution in [0.5, 0.6) is 17.2 Å². The largest absolute Gasteiger partial charge is 0.493 e. The van der Waals surface area contributed by atoms with Crippen molar-refractivity contribution in [1.29, 1.82) is 0 Å². The number of halogens is 4. The molecule has 2 N–H and O–H groups in total. The summed E-state index contributed by atoms with van der Waals surface area (Å²) >= 11 is 24.6. The number of anilines is 2. The fourth-order valence-electron chi connectivity index (χ4n) is 7.59. The molecule has 4 amide bonds. The van der Waals surface area contributed by atoms with Crippen LogP contribution >= 0.6 is 46.4 Å². The summed E-state index contributed by atoms with van der Waals surface area (Å²) in [5.74, 6) is 1.35. The highest BCUT2D eigenvalue weighted by atomic mass is 35.5. The van der Waals surface area contributed by atoms with Gasteiger partial charge in [-0.15, -0.1) is 0 Å². The van der Waals surface area contributed by atoms with E-state index in [-0.39, 0.29) is 54.1 Å². The van der Waals surface area contributed by atoms with Crippen LogP contribution in [0, 0.1) is 13.8 Å². The second-order valence-corrected chi connectivity index (χ2v) is 18.7. The molecule has 0 aliphatic carbocycles. The van der Waals surface area contributed by atoms with E-state index in [1.165, 1.54) is 73.4 Å². The lowest BCUT2D eigenvalue weighted by Gasteiger charge is -2.19. The van der Waals surface area contributed by atoms with Crippen LogP contribution in [0.15, 0.2) is 77.8 Å². The number of aryl methyl sites for hydroxylation is 2. The van der Waals surface area contributed by atoms with E-state index in [0.29, 0.717) is 57.5 Å². The van der Waals surface area contributed by atoms with Gasteiger partial charge in [-0.1, -0.05) is 148 Å². The minimum Gasteiger partial charge on any atom is -0.493 e. The molecule has 6 rings (SSSR count). The Morgan fingerprint density at radius 3 is 2.14 bits per heavy atom. The van der Waals surface area contributed by atoms with Crippen LogP contribution in [0.25, 0.3) is 0 Å². The number of carbonyl (C=O) groups excluding carboxylic acids is 4. The lowest BCUT2D eigenvalue weighted by Crippen LogP contribution is -2.36. The number of carbonyl (C=O) groups is 4. The molecule has 2 saturated heterocycles. The number of hydrogen-bond donors (Lipinski definition) is 2. The lowest BCUT2D eigenvalue weighted by atomic mass is 10.1. The molecule has 4 aromatic carbocycles. The van der Waals surface area contributed by atoms with E-state index < -0.39 is 12.2 Å². The fourth-order valence-corrected chi connectivity index (χ4v) is 8.77. The molecule has 0 bridgehead atoms. The van der Waals surface area contributed by atoms with Crippen LogP contribution in [-0.2, 0) is 25.7 Å². The third kappa shape index (κ3) is 17.6.